The Kier molecular flexibility index (Phi) is 1.92. The molecule has 0 radical (unpaired) electrons. The van der Waals surface area contributed by atoms with Gasteiger partial charge in [-0.15, -0.1) is 0 Å². The minimum absolute atomic E-state index is 0.257. The van der Waals surface area contributed by atoms with Crippen molar-refractivity contribution in [1.29, 1.82) is 5.26 Å². The van der Waals surface area contributed by atoms with Gasteiger partial charge in [-0.25, -0.2) is 0 Å². The van der Waals surface area contributed by atoms with Gasteiger partial charge >= 0.3 is 0 Å². The van der Waals surface area contributed by atoms with E-state index >= 15 is 0 Å². The highest BCUT2D eigenvalue weighted by atomic mass is 79.9. The smallest absolute Gasteiger partial charge is 0.108 e. The van der Waals surface area contributed by atoms with Gasteiger partial charge in [0.15, 0.2) is 0 Å². The highest BCUT2D eigenvalue weighted by Crippen LogP contribution is 2.45. The van der Waals surface area contributed by atoms with Gasteiger partial charge in [0.05, 0.1) is 17.7 Å². The van der Waals surface area contributed by atoms with Crippen LogP contribution in [0, 0.1) is 11.3 Å². The summed E-state index contributed by atoms with van der Waals surface area (Å²) in [5.41, 5.74) is 0.788. The van der Waals surface area contributed by atoms with Crippen molar-refractivity contribution in [1.82, 2.24) is 9.78 Å². The molecule has 1 aromatic rings. The molecular formula is C9H10BrN3. The molecule has 1 aromatic heterocycles. The third-order valence-electron chi connectivity index (χ3n) is 2.80. The summed E-state index contributed by atoms with van der Waals surface area (Å²) in [7, 11) is 1.87. The predicted molar refractivity (Wildman–Crippen MR) is 52.1 cm³/mol. The molecule has 1 aliphatic rings. The second kappa shape index (κ2) is 2.85. The van der Waals surface area contributed by atoms with Crippen LogP contribution in [0.5, 0.6) is 0 Å². The first-order valence-corrected chi connectivity index (χ1v) is 5.08. The number of halogens is 1. The molecule has 0 saturated heterocycles. The second-order valence-corrected chi connectivity index (χ2v) is 4.27. The van der Waals surface area contributed by atoms with Crippen LogP contribution < -0.4 is 0 Å². The van der Waals surface area contributed by atoms with Gasteiger partial charge in [-0.2, -0.15) is 10.4 Å². The zero-order chi connectivity index (χ0) is 9.47. The van der Waals surface area contributed by atoms with Gasteiger partial charge < -0.3 is 0 Å². The Morgan fingerprint density at radius 2 is 2.38 bits per heavy atom. The van der Waals surface area contributed by atoms with Crippen LogP contribution in [0.1, 0.15) is 24.8 Å². The Morgan fingerprint density at radius 1 is 1.69 bits per heavy atom. The molecule has 0 amide bonds. The molecule has 1 aliphatic carbocycles. The maximum absolute atomic E-state index is 9.12. The first-order valence-electron chi connectivity index (χ1n) is 4.29. The topological polar surface area (TPSA) is 41.6 Å². The molecule has 0 atom stereocenters. The summed E-state index contributed by atoms with van der Waals surface area (Å²) in [5.74, 6) is 0. The molecule has 0 aromatic carbocycles. The van der Waals surface area contributed by atoms with Crippen molar-refractivity contribution in [3.05, 3.63) is 16.4 Å². The molecule has 0 spiro atoms. The first kappa shape index (κ1) is 8.76. The van der Waals surface area contributed by atoms with Crippen molar-refractivity contribution >= 4 is 15.9 Å². The van der Waals surface area contributed by atoms with Gasteiger partial charge in [0, 0.05) is 12.6 Å². The number of nitriles is 1. The molecule has 13 heavy (non-hydrogen) atoms. The molecule has 0 N–H and O–H groups in total. The highest BCUT2D eigenvalue weighted by molar-refractivity contribution is 9.10. The van der Waals surface area contributed by atoms with E-state index in [0.717, 1.165) is 29.4 Å². The summed E-state index contributed by atoms with van der Waals surface area (Å²) in [6.07, 6.45) is 4.88. The minimum Gasteiger partial charge on any atom is -0.261 e. The van der Waals surface area contributed by atoms with Crippen LogP contribution in [0.4, 0.5) is 0 Å². The number of aryl methyl sites for hydroxylation is 1. The van der Waals surface area contributed by atoms with Crippen LogP contribution in [0.25, 0.3) is 0 Å². The van der Waals surface area contributed by atoms with Gasteiger partial charge in [0.25, 0.3) is 0 Å². The van der Waals surface area contributed by atoms with E-state index in [-0.39, 0.29) is 5.41 Å². The lowest BCUT2D eigenvalue weighted by molar-refractivity contribution is 0.322. The lowest BCUT2D eigenvalue weighted by Crippen LogP contribution is -2.32. The van der Waals surface area contributed by atoms with E-state index in [9.17, 15) is 0 Å². The van der Waals surface area contributed by atoms with E-state index < -0.39 is 0 Å². The highest BCUT2D eigenvalue weighted by Gasteiger charge is 2.41. The second-order valence-electron chi connectivity index (χ2n) is 3.52. The summed E-state index contributed by atoms with van der Waals surface area (Å²) in [4.78, 5) is 0. The van der Waals surface area contributed by atoms with E-state index in [4.69, 9.17) is 5.26 Å². The molecule has 68 valence electrons. The van der Waals surface area contributed by atoms with E-state index in [1.807, 2.05) is 7.05 Å². The predicted octanol–water partition coefficient (Wildman–Crippen LogP) is 2.13. The maximum Gasteiger partial charge on any atom is 0.108 e. The number of aromatic nitrogens is 2. The van der Waals surface area contributed by atoms with Crippen molar-refractivity contribution in [2.75, 3.05) is 0 Å². The largest absolute Gasteiger partial charge is 0.261 e. The summed E-state index contributed by atoms with van der Waals surface area (Å²) in [6.45, 7) is 0. The standard InChI is InChI=1S/C9H10BrN3/c1-13-8(10)7(5-12-13)9(6-11)3-2-4-9/h5H,2-4H2,1H3. The number of rotatable bonds is 1. The molecule has 2 rings (SSSR count). The maximum atomic E-state index is 9.12. The quantitative estimate of drug-likeness (QED) is 0.754. The van der Waals surface area contributed by atoms with Crippen molar-refractivity contribution in [2.45, 2.75) is 24.7 Å². The molecule has 0 unspecified atom stereocenters. The van der Waals surface area contributed by atoms with Crippen LogP contribution in [0.2, 0.25) is 0 Å². The summed E-state index contributed by atoms with van der Waals surface area (Å²) < 4.78 is 2.70. The van der Waals surface area contributed by atoms with Crippen molar-refractivity contribution in [3.63, 3.8) is 0 Å². The van der Waals surface area contributed by atoms with E-state index in [1.54, 1.807) is 10.9 Å². The van der Waals surface area contributed by atoms with E-state index in [0.29, 0.717) is 0 Å². The van der Waals surface area contributed by atoms with Gasteiger partial charge in [-0.3, -0.25) is 4.68 Å². The fourth-order valence-corrected chi connectivity index (χ4v) is 2.29. The van der Waals surface area contributed by atoms with E-state index in [1.165, 1.54) is 0 Å². The Hall–Kier alpha value is -0.820. The van der Waals surface area contributed by atoms with E-state index in [2.05, 4.69) is 27.1 Å². The zero-order valence-corrected chi connectivity index (χ0v) is 9.00. The number of hydrogen-bond donors (Lipinski definition) is 0. The SMILES string of the molecule is Cn1ncc(C2(C#N)CCC2)c1Br. The van der Waals surface area contributed by atoms with Gasteiger partial charge in [-0.1, -0.05) is 0 Å². The normalized spacial score (nSPS) is 19.2. The first-order chi connectivity index (χ1) is 6.19. The third-order valence-corrected chi connectivity index (χ3v) is 3.74. The third kappa shape index (κ3) is 1.11. The zero-order valence-electron chi connectivity index (χ0n) is 7.42. The molecule has 1 fully saturated rings. The van der Waals surface area contributed by atoms with Crippen molar-refractivity contribution < 1.29 is 0 Å². The number of nitrogens with zero attached hydrogens (tertiary/aromatic N) is 3. The Labute approximate surface area is 85.5 Å². The van der Waals surface area contributed by atoms with Gasteiger partial charge in [0.1, 0.15) is 4.60 Å². The molecular weight excluding hydrogens is 230 g/mol. The summed E-state index contributed by atoms with van der Waals surface area (Å²) in [5, 5.41) is 13.2. The molecule has 0 bridgehead atoms. The van der Waals surface area contributed by atoms with Gasteiger partial charge in [0.2, 0.25) is 0 Å². The number of hydrogen-bond acceptors (Lipinski definition) is 2. The Morgan fingerprint density at radius 3 is 2.69 bits per heavy atom. The molecule has 3 nitrogen and oxygen atoms in total. The average Bonchev–Trinajstić information content (AvgIpc) is 2.35. The fraction of sp³-hybridized carbons (Fsp3) is 0.556. The summed E-state index contributed by atoms with van der Waals surface area (Å²) >= 11 is 3.45. The van der Waals surface area contributed by atoms with Crippen LogP contribution in [-0.2, 0) is 12.5 Å². The molecule has 4 heteroatoms. The molecule has 1 heterocycles. The van der Waals surface area contributed by atoms with Crippen LogP contribution in [0.15, 0.2) is 10.8 Å². The van der Waals surface area contributed by atoms with Gasteiger partial charge in [-0.05, 0) is 35.2 Å². The van der Waals surface area contributed by atoms with Crippen molar-refractivity contribution in [2.24, 2.45) is 7.05 Å². The monoisotopic (exact) mass is 239 g/mol. The molecule has 0 aliphatic heterocycles. The molecule has 1 saturated carbocycles. The van der Waals surface area contributed by atoms with Crippen LogP contribution in [-0.4, -0.2) is 9.78 Å². The fourth-order valence-electron chi connectivity index (χ4n) is 1.72. The van der Waals surface area contributed by atoms with Crippen molar-refractivity contribution in [3.8, 4) is 6.07 Å². The minimum atomic E-state index is -0.257. The Balaban J connectivity index is 2.46. The van der Waals surface area contributed by atoms with Crippen LogP contribution in [0.3, 0.4) is 0 Å². The summed E-state index contributed by atoms with van der Waals surface area (Å²) in [6, 6.07) is 2.40. The average molecular weight is 240 g/mol. The lowest BCUT2D eigenvalue weighted by atomic mass is 9.66. The lowest BCUT2D eigenvalue weighted by Gasteiger charge is -2.34. The Bertz CT molecular complexity index is 371. The van der Waals surface area contributed by atoms with Crippen LogP contribution >= 0.6 is 15.9 Å².